The first-order valence-corrected chi connectivity index (χ1v) is 11.1. The fraction of sp³-hybridized carbons (Fsp3) is 0.360. The lowest BCUT2D eigenvalue weighted by molar-refractivity contribution is 0.0293. The predicted molar refractivity (Wildman–Crippen MR) is 124 cm³/mol. The average Bonchev–Trinajstić information content (AvgIpc) is 2.79. The van der Waals surface area contributed by atoms with Crippen LogP contribution in [0.5, 0.6) is 0 Å². The number of piperidine rings is 1. The number of rotatable bonds is 4. The summed E-state index contributed by atoms with van der Waals surface area (Å²) >= 11 is 0. The third-order valence-corrected chi connectivity index (χ3v) is 6.44. The van der Waals surface area contributed by atoms with Gasteiger partial charge in [-0.15, -0.1) is 0 Å². The highest BCUT2D eigenvalue weighted by Crippen LogP contribution is 2.27. The zero-order valence-corrected chi connectivity index (χ0v) is 17.9. The van der Waals surface area contributed by atoms with Gasteiger partial charge in [0.05, 0.1) is 6.10 Å². The van der Waals surface area contributed by atoms with Gasteiger partial charge in [0, 0.05) is 44.0 Å². The first kappa shape index (κ1) is 20.0. The Hall–Kier alpha value is -2.96. The Labute approximate surface area is 183 Å². The molecule has 1 fully saturated rings. The van der Waals surface area contributed by atoms with Crippen molar-refractivity contribution in [3.8, 4) is 0 Å². The fourth-order valence-electron chi connectivity index (χ4n) is 4.81. The normalized spacial score (nSPS) is 21.5. The molecule has 3 heterocycles. The van der Waals surface area contributed by atoms with E-state index < -0.39 is 6.10 Å². The Morgan fingerprint density at radius 2 is 1.87 bits per heavy atom. The lowest BCUT2D eigenvalue weighted by atomic mass is 9.94. The number of aliphatic hydroxyl groups excluding tert-OH is 1. The van der Waals surface area contributed by atoms with Gasteiger partial charge in [-0.3, -0.25) is 4.90 Å². The molecule has 2 atom stereocenters. The minimum atomic E-state index is -0.401. The highest BCUT2D eigenvalue weighted by atomic mass is 16.3. The van der Waals surface area contributed by atoms with Gasteiger partial charge in [0.1, 0.15) is 18.0 Å². The molecule has 2 aliphatic rings. The quantitative estimate of drug-likeness (QED) is 0.680. The van der Waals surface area contributed by atoms with E-state index >= 15 is 0 Å². The molecule has 3 aromatic rings. The third-order valence-electron chi connectivity index (χ3n) is 6.44. The van der Waals surface area contributed by atoms with Crippen molar-refractivity contribution >= 4 is 17.3 Å². The van der Waals surface area contributed by atoms with Gasteiger partial charge in [0.2, 0.25) is 0 Å². The summed E-state index contributed by atoms with van der Waals surface area (Å²) in [6, 6.07) is 19.0. The maximum atomic E-state index is 11.0. The van der Waals surface area contributed by atoms with Crippen LogP contribution in [0.2, 0.25) is 0 Å². The topological polar surface area (TPSA) is 64.5 Å². The lowest BCUT2D eigenvalue weighted by Crippen LogP contribution is -2.55. The smallest absolute Gasteiger partial charge is 0.135 e. The van der Waals surface area contributed by atoms with Crippen molar-refractivity contribution in [3.05, 3.63) is 77.6 Å². The van der Waals surface area contributed by atoms with Crippen LogP contribution in [0.1, 0.15) is 23.1 Å². The molecule has 2 aliphatic heterocycles. The second-order valence-electron chi connectivity index (χ2n) is 8.61. The first-order valence-electron chi connectivity index (χ1n) is 11.1. The van der Waals surface area contributed by atoms with Crippen molar-refractivity contribution in [1.82, 2.24) is 14.9 Å². The van der Waals surface area contributed by atoms with Crippen molar-refractivity contribution in [2.45, 2.75) is 38.5 Å². The molecule has 31 heavy (non-hydrogen) atoms. The molecule has 0 saturated carbocycles. The van der Waals surface area contributed by atoms with Crippen LogP contribution >= 0.6 is 0 Å². The molecule has 5 rings (SSSR count). The van der Waals surface area contributed by atoms with Crippen LogP contribution in [0, 0.1) is 6.92 Å². The van der Waals surface area contributed by atoms with Crippen LogP contribution in [0.3, 0.4) is 0 Å². The number of β-amino-alcohol motifs (C(OH)–C–C–N with tert-alkyl or cyclic N) is 1. The highest BCUT2D eigenvalue weighted by molar-refractivity contribution is 5.60. The Balaban J connectivity index is 1.25. The lowest BCUT2D eigenvalue weighted by Gasteiger charge is -2.43. The first-order chi connectivity index (χ1) is 15.2. The van der Waals surface area contributed by atoms with Gasteiger partial charge in [0.15, 0.2) is 0 Å². The summed E-state index contributed by atoms with van der Waals surface area (Å²) in [5.74, 6) is 1.62. The molecular weight excluding hydrogens is 386 g/mol. The number of nitrogens with one attached hydrogen (secondary N) is 1. The standard InChI is InChI=1S/C25H29N5O/c1-18-5-4-8-21(13-18)28-24-14-25(27-17-26-24)30-12-10-22(23(31)16-30)29-11-9-19-6-2-3-7-20(19)15-29/h2-8,13-14,17,22-23,31H,9-12,15-16H2,1H3,(H,26,27,28)/t22-,23-/m0/s1. The van der Waals surface area contributed by atoms with Gasteiger partial charge in [-0.25, -0.2) is 9.97 Å². The number of anilines is 3. The largest absolute Gasteiger partial charge is 0.390 e. The number of hydrogen-bond donors (Lipinski definition) is 2. The van der Waals surface area contributed by atoms with Crippen molar-refractivity contribution in [1.29, 1.82) is 0 Å². The molecular formula is C25H29N5O. The summed E-state index contributed by atoms with van der Waals surface area (Å²) in [6.45, 7) is 5.47. The molecule has 6 nitrogen and oxygen atoms in total. The number of benzene rings is 2. The van der Waals surface area contributed by atoms with E-state index in [0.717, 1.165) is 49.8 Å². The SMILES string of the molecule is Cc1cccc(Nc2cc(N3CC[C@H](N4CCc5ccccc5C4)[C@@H](O)C3)ncn2)c1. The van der Waals surface area contributed by atoms with E-state index in [4.69, 9.17) is 0 Å². The Bertz CT molecular complexity index is 1060. The summed E-state index contributed by atoms with van der Waals surface area (Å²) < 4.78 is 0. The van der Waals surface area contributed by atoms with Crippen LogP contribution in [-0.4, -0.2) is 51.8 Å². The number of fused-ring (bicyclic) bond motifs is 1. The van der Waals surface area contributed by atoms with E-state index in [-0.39, 0.29) is 6.04 Å². The summed E-state index contributed by atoms with van der Waals surface area (Å²) in [5, 5.41) is 14.4. The van der Waals surface area contributed by atoms with E-state index in [0.29, 0.717) is 6.54 Å². The van der Waals surface area contributed by atoms with Crippen molar-refractivity contribution in [2.75, 3.05) is 29.9 Å². The van der Waals surface area contributed by atoms with E-state index in [1.54, 1.807) is 6.33 Å². The van der Waals surface area contributed by atoms with Crippen LogP contribution in [-0.2, 0) is 13.0 Å². The molecule has 2 N–H and O–H groups in total. The van der Waals surface area contributed by atoms with Crippen LogP contribution < -0.4 is 10.2 Å². The van der Waals surface area contributed by atoms with E-state index in [2.05, 4.69) is 68.4 Å². The van der Waals surface area contributed by atoms with Crippen LogP contribution in [0.4, 0.5) is 17.3 Å². The van der Waals surface area contributed by atoms with Crippen molar-refractivity contribution in [2.24, 2.45) is 0 Å². The molecule has 0 aliphatic carbocycles. The molecule has 1 aromatic heterocycles. The summed E-state index contributed by atoms with van der Waals surface area (Å²) in [5.41, 5.74) is 5.05. The maximum absolute atomic E-state index is 11.0. The van der Waals surface area contributed by atoms with E-state index in [1.165, 1.54) is 16.7 Å². The minimum Gasteiger partial charge on any atom is -0.390 e. The van der Waals surface area contributed by atoms with Crippen LogP contribution in [0.25, 0.3) is 0 Å². The molecule has 6 heteroatoms. The maximum Gasteiger partial charge on any atom is 0.135 e. The number of aromatic nitrogens is 2. The predicted octanol–water partition coefficient (Wildman–Crippen LogP) is 3.53. The molecule has 0 unspecified atom stereocenters. The molecule has 0 radical (unpaired) electrons. The Kier molecular flexibility index (Phi) is 5.57. The van der Waals surface area contributed by atoms with Gasteiger partial charge < -0.3 is 15.3 Å². The molecule has 2 aromatic carbocycles. The highest BCUT2D eigenvalue weighted by Gasteiger charge is 2.34. The molecule has 0 spiro atoms. The second-order valence-corrected chi connectivity index (χ2v) is 8.61. The van der Waals surface area contributed by atoms with Gasteiger partial charge >= 0.3 is 0 Å². The monoisotopic (exact) mass is 415 g/mol. The zero-order chi connectivity index (χ0) is 21.2. The number of aliphatic hydroxyl groups is 1. The van der Waals surface area contributed by atoms with Crippen molar-refractivity contribution < 1.29 is 5.11 Å². The summed E-state index contributed by atoms with van der Waals surface area (Å²) in [7, 11) is 0. The van der Waals surface area contributed by atoms with Gasteiger partial charge in [-0.05, 0) is 48.6 Å². The zero-order valence-electron chi connectivity index (χ0n) is 17.9. The molecule has 1 saturated heterocycles. The van der Waals surface area contributed by atoms with Gasteiger partial charge in [0.25, 0.3) is 0 Å². The Morgan fingerprint density at radius 1 is 1.00 bits per heavy atom. The fourth-order valence-corrected chi connectivity index (χ4v) is 4.81. The average molecular weight is 416 g/mol. The second kappa shape index (κ2) is 8.65. The number of hydrogen-bond acceptors (Lipinski definition) is 6. The van der Waals surface area contributed by atoms with Crippen molar-refractivity contribution in [3.63, 3.8) is 0 Å². The molecule has 160 valence electrons. The third kappa shape index (κ3) is 4.40. The van der Waals surface area contributed by atoms with E-state index in [1.807, 2.05) is 18.2 Å². The molecule has 0 bridgehead atoms. The van der Waals surface area contributed by atoms with Crippen LogP contribution in [0.15, 0.2) is 60.9 Å². The Morgan fingerprint density at radius 3 is 2.71 bits per heavy atom. The number of aryl methyl sites for hydroxylation is 1. The molecule has 0 amide bonds. The summed E-state index contributed by atoms with van der Waals surface area (Å²) in [6.07, 6.45) is 3.17. The minimum absolute atomic E-state index is 0.191. The summed E-state index contributed by atoms with van der Waals surface area (Å²) in [4.78, 5) is 13.5. The number of nitrogens with zero attached hydrogens (tertiary/aromatic N) is 4. The van der Waals surface area contributed by atoms with Gasteiger partial charge in [-0.1, -0.05) is 36.4 Å². The van der Waals surface area contributed by atoms with E-state index in [9.17, 15) is 5.11 Å². The van der Waals surface area contributed by atoms with Gasteiger partial charge in [-0.2, -0.15) is 0 Å².